The number of nitrogens with two attached hydrogens (primary N) is 2. The van der Waals surface area contributed by atoms with E-state index in [4.69, 9.17) is 16.9 Å². The highest BCUT2D eigenvalue weighted by molar-refractivity contribution is 7.90. The van der Waals surface area contributed by atoms with E-state index in [1.165, 1.54) is 12.1 Å². The zero-order valence-corrected chi connectivity index (χ0v) is 25.2. The molecule has 1 saturated heterocycles. The number of rotatable bonds is 10. The van der Waals surface area contributed by atoms with Gasteiger partial charge in [0.25, 0.3) is 21.8 Å². The summed E-state index contributed by atoms with van der Waals surface area (Å²) in [4.78, 5) is 40.5. The number of carbonyl (C=O) groups is 3. The van der Waals surface area contributed by atoms with E-state index in [2.05, 4.69) is 5.32 Å². The molecule has 0 bridgehead atoms. The Morgan fingerprint density at radius 1 is 0.956 bits per heavy atom. The van der Waals surface area contributed by atoms with Crippen LogP contribution in [0.5, 0.6) is 0 Å². The zero-order valence-electron chi connectivity index (χ0n) is 24.4. The Kier molecular flexibility index (Phi) is 9.14. The number of carboxylic acids is 1. The van der Waals surface area contributed by atoms with Crippen molar-refractivity contribution in [2.75, 3.05) is 32.7 Å². The molecule has 1 fully saturated rings. The van der Waals surface area contributed by atoms with E-state index >= 15 is 0 Å². The fraction of sp³-hybridized carbons (Fsp3) is 0.250. The van der Waals surface area contributed by atoms with Crippen LogP contribution in [0, 0.1) is 5.41 Å². The van der Waals surface area contributed by atoms with Crippen molar-refractivity contribution in [1.82, 2.24) is 14.5 Å². The Morgan fingerprint density at radius 3 is 2.27 bits per heavy atom. The number of amides is 2. The molecule has 4 aromatic carbocycles. The first-order chi connectivity index (χ1) is 21.5. The van der Waals surface area contributed by atoms with E-state index in [1.54, 1.807) is 35.2 Å². The van der Waals surface area contributed by atoms with E-state index in [-0.39, 0.29) is 34.2 Å². The minimum absolute atomic E-state index is 0.121. The Labute approximate surface area is 260 Å². The van der Waals surface area contributed by atoms with Crippen LogP contribution in [0.1, 0.15) is 27.9 Å². The second kappa shape index (κ2) is 13.0. The first kappa shape index (κ1) is 31.6. The highest BCUT2D eigenvalue weighted by Crippen LogP contribution is 2.30. The van der Waals surface area contributed by atoms with Gasteiger partial charge in [0.1, 0.15) is 5.84 Å². The Hall–Kier alpha value is -4.85. The highest BCUT2D eigenvalue weighted by atomic mass is 32.2. The maximum absolute atomic E-state index is 14.2. The summed E-state index contributed by atoms with van der Waals surface area (Å²) in [6.07, 6.45) is -0.898. The average Bonchev–Trinajstić information content (AvgIpc) is 3.03. The number of amidine groups is 1. The smallest absolute Gasteiger partial charge is 0.305 e. The summed E-state index contributed by atoms with van der Waals surface area (Å²) in [6, 6.07) is 18.9. The molecule has 1 aliphatic heterocycles. The van der Waals surface area contributed by atoms with Crippen molar-refractivity contribution in [2.24, 2.45) is 11.5 Å². The van der Waals surface area contributed by atoms with E-state index in [0.717, 1.165) is 10.8 Å². The van der Waals surface area contributed by atoms with Crippen LogP contribution in [-0.4, -0.2) is 85.1 Å². The SMILES string of the molecule is N=C(N)c1cccc(C[C@H](N)C(=O)N(CCC(=O)O)S(=O)(=O)c2cccc3cc4ccccc4cc23)c1C(=O)N1CCNCC1. The molecule has 0 aromatic heterocycles. The maximum atomic E-state index is 14.2. The van der Waals surface area contributed by atoms with Gasteiger partial charge in [-0.15, -0.1) is 0 Å². The van der Waals surface area contributed by atoms with Crippen LogP contribution in [0.3, 0.4) is 0 Å². The quantitative estimate of drug-likeness (QED) is 0.0986. The lowest BCUT2D eigenvalue weighted by atomic mass is 9.94. The Morgan fingerprint density at radius 2 is 1.60 bits per heavy atom. The third-order valence-electron chi connectivity index (χ3n) is 7.87. The van der Waals surface area contributed by atoms with Gasteiger partial charge in [0.2, 0.25) is 0 Å². The zero-order chi connectivity index (χ0) is 32.3. The Bertz CT molecular complexity index is 1920. The van der Waals surface area contributed by atoms with Crippen molar-refractivity contribution < 1.29 is 27.9 Å². The lowest BCUT2D eigenvalue weighted by molar-refractivity contribution is -0.137. The number of aliphatic carboxylic acids is 1. The molecule has 0 aliphatic carbocycles. The minimum atomic E-state index is -4.59. The van der Waals surface area contributed by atoms with Gasteiger partial charge < -0.3 is 26.8 Å². The molecule has 5 rings (SSSR count). The highest BCUT2D eigenvalue weighted by Gasteiger charge is 2.35. The number of sulfonamides is 1. The standard InChI is InChI=1S/C32H34N6O6S/c33-26(19-23-8-3-9-24(30(34)35)29(23)32(42)37-15-12-36-13-16-37)31(41)38(14-11-28(39)40)45(43,44)27-10-4-7-22-17-20-5-1-2-6-21(20)18-25(22)27/h1-10,17-18,26,36H,11-16,19,33H2,(H3,34,35)(H,39,40)/t26-/m0/s1. The van der Waals surface area contributed by atoms with Crippen molar-refractivity contribution in [1.29, 1.82) is 5.41 Å². The number of carbonyl (C=O) groups excluding carboxylic acids is 2. The number of benzene rings is 4. The van der Waals surface area contributed by atoms with Gasteiger partial charge in [-0.25, -0.2) is 12.7 Å². The second-order valence-corrected chi connectivity index (χ2v) is 12.7. The number of fused-ring (bicyclic) bond motifs is 2. The van der Waals surface area contributed by atoms with Gasteiger partial charge in [-0.1, -0.05) is 54.6 Å². The normalized spacial score (nSPS) is 14.3. The maximum Gasteiger partial charge on any atom is 0.305 e. The lowest BCUT2D eigenvalue weighted by Gasteiger charge is -2.29. The summed E-state index contributed by atoms with van der Waals surface area (Å²) in [6.45, 7) is 1.38. The molecule has 234 valence electrons. The van der Waals surface area contributed by atoms with Crippen LogP contribution in [0.4, 0.5) is 0 Å². The van der Waals surface area contributed by atoms with Crippen molar-refractivity contribution in [3.05, 3.63) is 89.5 Å². The molecule has 7 N–H and O–H groups in total. The number of nitrogen functional groups attached to an aromatic ring is 1. The largest absolute Gasteiger partial charge is 0.481 e. The first-order valence-electron chi connectivity index (χ1n) is 14.4. The number of nitrogens with zero attached hydrogens (tertiary/aromatic N) is 2. The molecular formula is C32H34N6O6S. The van der Waals surface area contributed by atoms with Gasteiger partial charge in [-0.3, -0.25) is 19.8 Å². The van der Waals surface area contributed by atoms with E-state index in [0.29, 0.717) is 46.8 Å². The third kappa shape index (κ3) is 6.50. The summed E-state index contributed by atoms with van der Waals surface area (Å²) in [5.41, 5.74) is 12.8. The van der Waals surface area contributed by atoms with Crippen LogP contribution >= 0.6 is 0 Å². The summed E-state index contributed by atoms with van der Waals surface area (Å²) in [5, 5.41) is 23.3. The van der Waals surface area contributed by atoms with Crippen molar-refractivity contribution >= 4 is 55.2 Å². The predicted molar refractivity (Wildman–Crippen MR) is 171 cm³/mol. The van der Waals surface area contributed by atoms with Crippen molar-refractivity contribution in [3.63, 3.8) is 0 Å². The van der Waals surface area contributed by atoms with E-state index in [9.17, 15) is 27.9 Å². The molecule has 13 heteroatoms. The van der Waals surface area contributed by atoms with Gasteiger partial charge in [-0.05, 0) is 46.3 Å². The average molecular weight is 631 g/mol. The van der Waals surface area contributed by atoms with Crippen LogP contribution in [0.15, 0.2) is 77.7 Å². The van der Waals surface area contributed by atoms with Gasteiger partial charge >= 0.3 is 5.97 Å². The molecule has 0 unspecified atom stereocenters. The predicted octanol–water partition coefficient (Wildman–Crippen LogP) is 1.88. The van der Waals surface area contributed by atoms with Gasteiger partial charge in [0.15, 0.2) is 0 Å². The van der Waals surface area contributed by atoms with Crippen LogP contribution < -0.4 is 16.8 Å². The van der Waals surface area contributed by atoms with Gasteiger partial charge in [0.05, 0.1) is 22.9 Å². The summed E-state index contributed by atoms with van der Waals surface area (Å²) in [7, 11) is -4.59. The number of hydrogen-bond acceptors (Lipinski definition) is 8. The Balaban J connectivity index is 1.53. The van der Waals surface area contributed by atoms with Crippen LogP contribution in [0.2, 0.25) is 0 Å². The fourth-order valence-electron chi connectivity index (χ4n) is 5.61. The molecule has 1 atom stereocenters. The molecule has 1 aliphatic rings. The summed E-state index contributed by atoms with van der Waals surface area (Å²) in [5.74, 6) is -3.04. The molecular weight excluding hydrogens is 596 g/mol. The number of piperazine rings is 1. The van der Waals surface area contributed by atoms with Crippen LogP contribution in [0.25, 0.3) is 21.5 Å². The first-order valence-corrected chi connectivity index (χ1v) is 15.8. The number of nitrogens with one attached hydrogen (secondary N) is 2. The van der Waals surface area contributed by atoms with Gasteiger partial charge in [-0.2, -0.15) is 0 Å². The second-order valence-electron chi connectivity index (χ2n) is 10.8. The number of hydrogen-bond donors (Lipinski definition) is 5. The fourth-order valence-corrected chi connectivity index (χ4v) is 7.26. The summed E-state index contributed by atoms with van der Waals surface area (Å²) >= 11 is 0. The number of carboxylic acid groups (broad SMARTS) is 1. The van der Waals surface area contributed by atoms with Crippen LogP contribution in [-0.2, 0) is 26.0 Å². The van der Waals surface area contributed by atoms with Gasteiger partial charge in [0, 0.05) is 43.7 Å². The molecule has 1 heterocycles. The van der Waals surface area contributed by atoms with Crippen molar-refractivity contribution in [2.45, 2.75) is 23.8 Å². The topological polar surface area (TPSA) is 200 Å². The molecule has 0 spiro atoms. The van der Waals surface area contributed by atoms with Crippen molar-refractivity contribution in [3.8, 4) is 0 Å². The molecule has 4 aromatic rings. The van der Waals surface area contributed by atoms with E-state index in [1.807, 2.05) is 30.3 Å². The van der Waals surface area contributed by atoms with E-state index < -0.39 is 40.9 Å². The third-order valence-corrected chi connectivity index (χ3v) is 9.72. The molecule has 0 radical (unpaired) electrons. The minimum Gasteiger partial charge on any atom is -0.481 e. The molecule has 0 saturated carbocycles. The molecule has 12 nitrogen and oxygen atoms in total. The lowest BCUT2D eigenvalue weighted by Crippen LogP contribution is -2.49. The monoisotopic (exact) mass is 630 g/mol. The molecule has 45 heavy (non-hydrogen) atoms. The molecule has 2 amide bonds. The summed E-state index contributed by atoms with van der Waals surface area (Å²) < 4.78 is 28.8.